The molecule has 0 unspecified atom stereocenters. The third-order valence-corrected chi connectivity index (χ3v) is 4.68. The van der Waals surface area contributed by atoms with Gasteiger partial charge in [0, 0.05) is 6.04 Å². The molecule has 0 bridgehead atoms. The van der Waals surface area contributed by atoms with Crippen molar-refractivity contribution >= 4 is 21.6 Å². The standard InChI is InChI=1S/C16H16FN3OS/c1-10(11-3-5-12(17)6-4-11)20(2)9-14-18-13-7-8-22-15(13)16(21)19-14/h3-8,10H,9H2,1-2H3,(H,18,19,21)/t10-/m0/s1. The second kappa shape index (κ2) is 5.98. The monoisotopic (exact) mass is 317 g/mol. The Morgan fingerprint density at radius 2 is 2.05 bits per heavy atom. The fourth-order valence-corrected chi connectivity index (χ4v) is 3.09. The number of H-pyrrole nitrogens is 1. The smallest absolute Gasteiger partial charge is 0.268 e. The largest absolute Gasteiger partial charge is 0.308 e. The van der Waals surface area contributed by atoms with Crippen LogP contribution >= 0.6 is 11.3 Å². The van der Waals surface area contributed by atoms with E-state index in [4.69, 9.17) is 0 Å². The highest BCUT2D eigenvalue weighted by Gasteiger charge is 2.14. The number of fused-ring (bicyclic) bond motifs is 1. The minimum Gasteiger partial charge on any atom is -0.308 e. The molecule has 22 heavy (non-hydrogen) atoms. The van der Waals surface area contributed by atoms with Crippen LogP contribution in [0, 0.1) is 5.82 Å². The molecule has 3 rings (SSSR count). The number of aromatic nitrogens is 2. The van der Waals surface area contributed by atoms with Gasteiger partial charge >= 0.3 is 0 Å². The lowest BCUT2D eigenvalue weighted by Crippen LogP contribution is -2.24. The van der Waals surface area contributed by atoms with E-state index in [0.717, 1.165) is 11.1 Å². The lowest BCUT2D eigenvalue weighted by Gasteiger charge is -2.24. The van der Waals surface area contributed by atoms with Crippen molar-refractivity contribution < 1.29 is 4.39 Å². The van der Waals surface area contributed by atoms with Crippen molar-refractivity contribution in [1.29, 1.82) is 0 Å². The normalized spacial score (nSPS) is 12.9. The van der Waals surface area contributed by atoms with Crippen molar-refractivity contribution in [2.75, 3.05) is 7.05 Å². The van der Waals surface area contributed by atoms with Gasteiger partial charge in [-0.3, -0.25) is 9.69 Å². The topological polar surface area (TPSA) is 49.0 Å². The van der Waals surface area contributed by atoms with E-state index >= 15 is 0 Å². The molecule has 0 aliphatic rings. The Kier molecular flexibility index (Phi) is 4.04. The van der Waals surface area contributed by atoms with Crippen molar-refractivity contribution in [1.82, 2.24) is 14.9 Å². The van der Waals surface area contributed by atoms with Crippen LogP contribution in [-0.4, -0.2) is 21.9 Å². The summed E-state index contributed by atoms with van der Waals surface area (Å²) < 4.78 is 13.6. The number of rotatable bonds is 4. The number of aromatic amines is 1. The number of benzene rings is 1. The van der Waals surface area contributed by atoms with Crippen molar-refractivity contribution in [3.63, 3.8) is 0 Å². The van der Waals surface area contributed by atoms with Gasteiger partial charge in [0.2, 0.25) is 0 Å². The molecule has 0 aliphatic heterocycles. The van der Waals surface area contributed by atoms with E-state index in [9.17, 15) is 9.18 Å². The van der Waals surface area contributed by atoms with Gasteiger partial charge in [-0.2, -0.15) is 0 Å². The van der Waals surface area contributed by atoms with Gasteiger partial charge in [-0.05, 0) is 43.1 Å². The Hall–Kier alpha value is -2.05. The molecule has 6 heteroatoms. The third-order valence-electron chi connectivity index (χ3n) is 3.78. The highest BCUT2D eigenvalue weighted by Crippen LogP contribution is 2.21. The molecule has 2 heterocycles. The zero-order chi connectivity index (χ0) is 15.7. The van der Waals surface area contributed by atoms with E-state index in [1.54, 1.807) is 12.1 Å². The van der Waals surface area contributed by atoms with E-state index in [0.29, 0.717) is 17.1 Å². The number of nitrogens with zero attached hydrogens (tertiary/aromatic N) is 2. The number of halogens is 1. The summed E-state index contributed by atoms with van der Waals surface area (Å²) in [5, 5.41) is 1.86. The maximum absolute atomic E-state index is 13.0. The fourth-order valence-electron chi connectivity index (χ4n) is 2.37. The van der Waals surface area contributed by atoms with Gasteiger partial charge in [-0.1, -0.05) is 12.1 Å². The molecule has 1 N–H and O–H groups in total. The maximum atomic E-state index is 13.0. The van der Waals surface area contributed by atoms with Crippen LogP contribution in [-0.2, 0) is 6.54 Å². The van der Waals surface area contributed by atoms with Gasteiger partial charge in [-0.15, -0.1) is 11.3 Å². The first-order chi connectivity index (χ1) is 10.5. The molecule has 114 valence electrons. The van der Waals surface area contributed by atoms with Gasteiger partial charge in [0.1, 0.15) is 16.3 Å². The van der Waals surface area contributed by atoms with E-state index in [2.05, 4.69) is 14.9 Å². The Labute approximate surface area is 131 Å². The van der Waals surface area contributed by atoms with Crippen LogP contribution in [0.5, 0.6) is 0 Å². The number of nitrogens with one attached hydrogen (secondary N) is 1. The molecule has 0 fully saturated rings. The molecule has 1 aromatic carbocycles. The van der Waals surface area contributed by atoms with Gasteiger partial charge in [-0.25, -0.2) is 9.37 Å². The predicted octanol–water partition coefficient (Wildman–Crippen LogP) is 3.32. The Morgan fingerprint density at radius 1 is 1.32 bits per heavy atom. The molecule has 0 spiro atoms. The quantitative estimate of drug-likeness (QED) is 0.803. The average molecular weight is 317 g/mol. The molecule has 0 amide bonds. The second-order valence-corrected chi connectivity index (χ2v) is 6.21. The van der Waals surface area contributed by atoms with Crippen LogP contribution in [0.2, 0.25) is 0 Å². The van der Waals surface area contributed by atoms with Crippen LogP contribution in [0.15, 0.2) is 40.5 Å². The van der Waals surface area contributed by atoms with Crippen molar-refractivity contribution in [2.24, 2.45) is 0 Å². The Bertz CT molecular complexity index is 840. The zero-order valence-corrected chi connectivity index (χ0v) is 13.2. The van der Waals surface area contributed by atoms with Crippen LogP contribution in [0.25, 0.3) is 10.2 Å². The lowest BCUT2D eigenvalue weighted by atomic mass is 10.1. The molecular weight excluding hydrogens is 301 g/mol. The molecule has 1 atom stereocenters. The molecule has 4 nitrogen and oxygen atoms in total. The van der Waals surface area contributed by atoms with Crippen molar-refractivity contribution in [3.8, 4) is 0 Å². The summed E-state index contributed by atoms with van der Waals surface area (Å²) in [7, 11) is 1.95. The average Bonchev–Trinajstić information content (AvgIpc) is 2.96. The third kappa shape index (κ3) is 2.93. The van der Waals surface area contributed by atoms with E-state index in [1.165, 1.54) is 23.5 Å². The van der Waals surface area contributed by atoms with Gasteiger partial charge < -0.3 is 4.98 Å². The summed E-state index contributed by atoms with van der Waals surface area (Å²) in [6.07, 6.45) is 0. The van der Waals surface area contributed by atoms with Crippen LogP contribution in [0.4, 0.5) is 4.39 Å². The van der Waals surface area contributed by atoms with E-state index in [-0.39, 0.29) is 17.4 Å². The first-order valence-corrected chi connectivity index (χ1v) is 7.84. The minimum absolute atomic E-state index is 0.0871. The van der Waals surface area contributed by atoms with E-state index < -0.39 is 0 Å². The number of hydrogen-bond acceptors (Lipinski definition) is 4. The fraction of sp³-hybridized carbons (Fsp3) is 0.250. The minimum atomic E-state index is -0.243. The van der Waals surface area contributed by atoms with Crippen molar-refractivity contribution in [3.05, 3.63) is 63.3 Å². The van der Waals surface area contributed by atoms with Crippen LogP contribution in [0.3, 0.4) is 0 Å². The number of hydrogen-bond donors (Lipinski definition) is 1. The van der Waals surface area contributed by atoms with E-state index in [1.807, 2.05) is 25.4 Å². The molecule has 0 radical (unpaired) electrons. The zero-order valence-electron chi connectivity index (χ0n) is 12.3. The number of thiophene rings is 1. The summed E-state index contributed by atoms with van der Waals surface area (Å²) in [6.45, 7) is 2.55. The molecule has 0 aliphatic carbocycles. The molecular formula is C16H16FN3OS. The Balaban J connectivity index is 1.81. The lowest BCUT2D eigenvalue weighted by molar-refractivity contribution is 0.247. The molecule has 0 saturated heterocycles. The van der Waals surface area contributed by atoms with Gasteiger partial charge in [0.25, 0.3) is 5.56 Å². The first kappa shape index (κ1) is 14.9. The van der Waals surface area contributed by atoms with Gasteiger partial charge in [0.05, 0.1) is 12.1 Å². The molecule has 3 aromatic rings. The second-order valence-electron chi connectivity index (χ2n) is 5.29. The molecule has 2 aromatic heterocycles. The summed E-state index contributed by atoms with van der Waals surface area (Å²) in [4.78, 5) is 21.3. The predicted molar refractivity (Wildman–Crippen MR) is 86.5 cm³/mol. The highest BCUT2D eigenvalue weighted by atomic mass is 32.1. The highest BCUT2D eigenvalue weighted by molar-refractivity contribution is 7.17. The first-order valence-electron chi connectivity index (χ1n) is 6.96. The SMILES string of the molecule is C[C@@H](c1ccc(F)cc1)N(C)Cc1nc2ccsc2c(=O)[nH]1. The van der Waals surface area contributed by atoms with Crippen LogP contribution in [0.1, 0.15) is 24.4 Å². The van der Waals surface area contributed by atoms with Crippen LogP contribution < -0.4 is 5.56 Å². The summed E-state index contributed by atoms with van der Waals surface area (Å²) in [5.74, 6) is 0.389. The van der Waals surface area contributed by atoms with Gasteiger partial charge in [0.15, 0.2) is 0 Å². The summed E-state index contributed by atoms with van der Waals surface area (Å²) in [6, 6.07) is 8.39. The Morgan fingerprint density at radius 3 is 2.77 bits per heavy atom. The summed E-state index contributed by atoms with van der Waals surface area (Å²) in [5.41, 5.74) is 1.65. The maximum Gasteiger partial charge on any atom is 0.268 e. The molecule has 0 saturated carbocycles. The summed E-state index contributed by atoms with van der Waals surface area (Å²) >= 11 is 1.39. The van der Waals surface area contributed by atoms with Crippen molar-refractivity contribution in [2.45, 2.75) is 19.5 Å².